The van der Waals surface area contributed by atoms with Crippen molar-refractivity contribution >= 4 is 17.2 Å². The summed E-state index contributed by atoms with van der Waals surface area (Å²) in [4.78, 5) is 15.7. The number of thiazole rings is 1. The van der Waals surface area contributed by atoms with Crippen LogP contribution in [0.1, 0.15) is 31.8 Å². The Morgan fingerprint density at radius 2 is 2.40 bits per heavy atom. The third-order valence-corrected chi connectivity index (χ3v) is 2.97. The molecule has 80 valence electrons. The highest BCUT2D eigenvalue weighted by atomic mass is 32.1. The normalized spacial score (nSPS) is 12.9. The van der Waals surface area contributed by atoms with E-state index in [4.69, 9.17) is 5.26 Å². The van der Waals surface area contributed by atoms with Gasteiger partial charge in [-0.25, -0.2) is 4.98 Å². The number of aromatic nitrogens is 1. The van der Waals surface area contributed by atoms with Crippen LogP contribution in [0.5, 0.6) is 0 Å². The van der Waals surface area contributed by atoms with Crippen molar-refractivity contribution in [2.24, 2.45) is 5.41 Å². The van der Waals surface area contributed by atoms with Crippen molar-refractivity contribution in [3.05, 3.63) is 16.6 Å². The van der Waals surface area contributed by atoms with Crippen LogP contribution in [0.2, 0.25) is 0 Å². The standard InChI is InChI=1S/C10H13N3OS/c1-7(8-12-4-5-15-8)13-9(14)10(2,3)6-11/h4-5,7H,1-3H3,(H,13,14). The quantitative estimate of drug-likeness (QED) is 0.850. The molecule has 1 atom stereocenters. The second-order valence-corrected chi connectivity index (χ2v) is 4.73. The average Bonchev–Trinajstić information content (AvgIpc) is 2.70. The summed E-state index contributed by atoms with van der Waals surface area (Å²) in [6, 6.07) is 1.81. The first kappa shape index (κ1) is 11.7. The van der Waals surface area contributed by atoms with Crippen molar-refractivity contribution in [3.63, 3.8) is 0 Å². The van der Waals surface area contributed by atoms with Gasteiger partial charge in [0.2, 0.25) is 5.91 Å². The van der Waals surface area contributed by atoms with E-state index < -0.39 is 5.41 Å². The van der Waals surface area contributed by atoms with Gasteiger partial charge in [0.15, 0.2) is 0 Å². The second kappa shape index (κ2) is 4.41. The monoisotopic (exact) mass is 223 g/mol. The second-order valence-electron chi connectivity index (χ2n) is 3.80. The predicted molar refractivity (Wildman–Crippen MR) is 58.1 cm³/mol. The van der Waals surface area contributed by atoms with Crippen LogP contribution in [0.25, 0.3) is 0 Å². The average molecular weight is 223 g/mol. The molecule has 0 radical (unpaired) electrons. The zero-order valence-electron chi connectivity index (χ0n) is 8.94. The molecule has 1 N–H and O–H groups in total. The fraction of sp³-hybridized carbons (Fsp3) is 0.500. The number of hydrogen-bond acceptors (Lipinski definition) is 4. The molecule has 0 saturated carbocycles. The topological polar surface area (TPSA) is 65.8 Å². The number of amides is 1. The third kappa shape index (κ3) is 2.77. The summed E-state index contributed by atoms with van der Waals surface area (Å²) in [6.45, 7) is 5.04. The van der Waals surface area contributed by atoms with E-state index >= 15 is 0 Å². The van der Waals surface area contributed by atoms with Gasteiger partial charge in [-0.1, -0.05) is 0 Å². The summed E-state index contributed by atoms with van der Waals surface area (Å²) in [6.07, 6.45) is 1.69. The molecular formula is C10H13N3OS. The maximum atomic E-state index is 11.6. The smallest absolute Gasteiger partial charge is 0.240 e. The number of nitriles is 1. The molecule has 1 heterocycles. The predicted octanol–water partition coefficient (Wildman–Crippen LogP) is 1.87. The van der Waals surface area contributed by atoms with Crippen molar-refractivity contribution in [1.82, 2.24) is 10.3 Å². The SMILES string of the molecule is CC(NC(=O)C(C)(C)C#N)c1nccs1. The number of carbonyl (C=O) groups is 1. The summed E-state index contributed by atoms with van der Waals surface area (Å²) in [5.41, 5.74) is -0.995. The highest BCUT2D eigenvalue weighted by Crippen LogP contribution is 2.18. The van der Waals surface area contributed by atoms with Gasteiger partial charge in [-0.05, 0) is 20.8 Å². The van der Waals surface area contributed by atoms with Crippen molar-refractivity contribution < 1.29 is 4.79 Å². The van der Waals surface area contributed by atoms with Gasteiger partial charge in [-0.3, -0.25) is 4.79 Å². The zero-order chi connectivity index (χ0) is 11.5. The molecule has 4 nitrogen and oxygen atoms in total. The molecule has 0 aliphatic rings. The van der Waals surface area contributed by atoms with E-state index in [0.29, 0.717) is 0 Å². The van der Waals surface area contributed by atoms with Crippen LogP contribution in [0.3, 0.4) is 0 Å². The Balaban J connectivity index is 2.65. The number of hydrogen-bond donors (Lipinski definition) is 1. The van der Waals surface area contributed by atoms with Crippen LogP contribution in [0.15, 0.2) is 11.6 Å². The maximum Gasteiger partial charge on any atom is 0.240 e. The van der Waals surface area contributed by atoms with Gasteiger partial charge in [0.1, 0.15) is 10.4 Å². The lowest BCUT2D eigenvalue weighted by Crippen LogP contribution is -2.37. The molecule has 0 fully saturated rings. The van der Waals surface area contributed by atoms with E-state index in [1.807, 2.05) is 18.4 Å². The molecule has 0 aliphatic heterocycles. The summed E-state index contributed by atoms with van der Waals surface area (Å²) in [5.74, 6) is -0.271. The van der Waals surface area contributed by atoms with Gasteiger partial charge < -0.3 is 5.32 Å². The van der Waals surface area contributed by atoms with Crippen LogP contribution in [-0.2, 0) is 4.79 Å². The fourth-order valence-corrected chi connectivity index (χ4v) is 1.58. The molecule has 0 aromatic carbocycles. The lowest BCUT2D eigenvalue weighted by Gasteiger charge is -2.18. The van der Waals surface area contributed by atoms with Gasteiger partial charge in [-0.15, -0.1) is 11.3 Å². The Bertz CT molecular complexity index is 378. The van der Waals surface area contributed by atoms with E-state index in [9.17, 15) is 4.79 Å². The van der Waals surface area contributed by atoms with E-state index in [2.05, 4.69) is 10.3 Å². The largest absolute Gasteiger partial charge is 0.346 e. The summed E-state index contributed by atoms with van der Waals surface area (Å²) in [7, 11) is 0. The molecule has 0 saturated heterocycles. The Kier molecular flexibility index (Phi) is 3.43. The highest BCUT2D eigenvalue weighted by Gasteiger charge is 2.28. The molecule has 1 amide bonds. The van der Waals surface area contributed by atoms with Gasteiger partial charge in [-0.2, -0.15) is 5.26 Å². The molecule has 5 heteroatoms. The molecular weight excluding hydrogens is 210 g/mol. The maximum absolute atomic E-state index is 11.6. The molecule has 0 aliphatic carbocycles. The van der Waals surface area contributed by atoms with Crippen molar-refractivity contribution in [2.45, 2.75) is 26.8 Å². The molecule has 15 heavy (non-hydrogen) atoms. The first-order valence-corrected chi connectivity index (χ1v) is 5.47. The van der Waals surface area contributed by atoms with Crippen molar-refractivity contribution in [3.8, 4) is 6.07 Å². The number of carbonyl (C=O) groups excluding carboxylic acids is 1. The Labute approximate surface area is 92.9 Å². The Morgan fingerprint density at radius 3 is 2.87 bits per heavy atom. The van der Waals surface area contributed by atoms with E-state index in [-0.39, 0.29) is 11.9 Å². The van der Waals surface area contributed by atoms with Crippen LogP contribution >= 0.6 is 11.3 Å². The van der Waals surface area contributed by atoms with Gasteiger partial charge in [0.25, 0.3) is 0 Å². The third-order valence-electron chi connectivity index (χ3n) is 2.02. The Hall–Kier alpha value is -1.41. The lowest BCUT2D eigenvalue weighted by molar-refractivity contribution is -0.127. The Morgan fingerprint density at radius 1 is 1.73 bits per heavy atom. The first-order chi connectivity index (χ1) is 6.97. The minimum absolute atomic E-state index is 0.148. The first-order valence-electron chi connectivity index (χ1n) is 4.59. The van der Waals surface area contributed by atoms with E-state index in [1.54, 1.807) is 20.0 Å². The van der Waals surface area contributed by atoms with Crippen LogP contribution in [-0.4, -0.2) is 10.9 Å². The lowest BCUT2D eigenvalue weighted by atomic mass is 9.94. The molecule has 1 aromatic heterocycles. The fourth-order valence-electron chi connectivity index (χ4n) is 0.938. The molecule has 1 rings (SSSR count). The number of rotatable bonds is 3. The van der Waals surface area contributed by atoms with Crippen LogP contribution in [0, 0.1) is 16.7 Å². The van der Waals surface area contributed by atoms with E-state index in [0.717, 1.165) is 5.01 Å². The number of nitrogens with one attached hydrogen (secondary N) is 1. The minimum atomic E-state index is -0.995. The van der Waals surface area contributed by atoms with Crippen LogP contribution in [0.4, 0.5) is 0 Å². The van der Waals surface area contributed by atoms with Crippen molar-refractivity contribution in [1.29, 1.82) is 5.26 Å². The summed E-state index contributed by atoms with van der Waals surface area (Å²) < 4.78 is 0. The highest BCUT2D eigenvalue weighted by molar-refractivity contribution is 7.09. The van der Waals surface area contributed by atoms with Gasteiger partial charge in [0.05, 0.1) is 12.1 Å². The molecule has 0 spiro atoms. The van der Waals surface area contributed by atoms with E-state index in [1.165, 1.54) is 11.3 Å². The van der Waals surface area contributed by atoms with Gasteiger partial charge >= 0.3 is 0 Å². The molecule has 0 bridgehead atoms. The molecule has 1 aromatic rings. The van der Waals surface area contributed by atoms with Crippen LogP contribution < -0.4 is 5.32 Å². The van der Waals surface area contributed by atoms with Crippen molar-refractivity contribution in [2.75, 3.05) is 0 Å². The molecule has 1 unspecified atom stereocenters. The number of nitrogens with zero attached hydrogens (tertiary/aromatic N) is 2. The zero-order valence-corrected chi connectivity index (χ0v) is 9.76. The minimum Gasteiger partial charge on any atom is -0.346 e. The van der Waals surface area contributed by atoms with Gasteiger partial charge in [0, 0.05) is 11.6 Å². The summed E-state index contributed by atoms with van der Waals surface area (Å²) >= 11 is 1.48. The summed E-state index contributed by atoms with van der Waals surface area (Å²) in [5, 5.41) is 14.2.